The number of urea groups is 1. The molecule has 8 nitrogen and oxygen atoms in total. The smallest absolute Gasteiger partial charge is 0.319 e. The number of benzene rings is 1. The summed E-state index contributed by atoms with van der Waals surface area (Å²) >= 11 is 0. The summed E-state index contributed by atoms with van der Waals surface area (Å²) in [6, 6.07) is 3.26. The SMILES string of the molecule is CCOc1cc(NC(=O)NCCN2CCNCC2)cc(OCC)c1OCC. The number of nitrogens with zero attached hydrogens (tertiary/aromatic N) is 1. The van der Waals surface area contributed by atoms with E-state index in [1.54, 1.807) is 12.1 Å². The summed E-state index contributed by atoms with van der Waals surface area (Å²) in [7, 11) is 0. The Kier molecular flexibility index (Phi) is 9.00. The predicted octanol–water partition coefficient (Wildman–Crippen LogP) is 1.91. The quantitative estimate of drug-likeness (QED) is 0.575. The maximum atomic E-state index is 12.2. The average Bonchev–Trinajstić information content (AvgIpc) is 2.66. The lowest BCUT2D eigenvalue weighted by Gasteiger charge is -2.27. The van der Waals surface area contributed by atoms with E-state index in [0.29, 0.717) is 49.3 Å². The van der Waals surface area contributed by atoms with E-state index in [9.17, 15) is 4.79 Å². The molecule has 1 aliphatic heterocycles. The van der Waals surface area contributed by atoms with Crippen molar-refractivity contribution in [3.05, 3.63) is 12.1 Å². The Morgan fingerprint density at radius 1 is 1.04 bits per heavy atom. The van der Waals surface area contributed by atoms with Gasteiger partial charge in [0.25, 0.3) is 0 Å². The van der Waals surface area contributed by atoms with Crippen LogP contribution in [0.15, 0.2) is 12.1 Å². The second-order valence-corrected chi connectivity index (χ2v) is 6.07. The Labute approximate surface area is 161 Å². The van der Waals surface area contributed by atoms with Gasteiger partial charge in [0, 0.05) is 51.4 Å². The van der Waals surface area contributed by atoms with Crippen LogP contribution in [0, 0.1) is 0 Å². The highest BCUT2D eigenvalue weighted by molar-refractivity contribution is 5.90. The molecule has 0 saturated carbocycles. The van der Waals surface area contributed by atoms with Crippen LogP contribution in [-0.4, -0.2) is 70.0 Å². The molecule has 1 aromatic rings. The van der Waals surface area contributed by atoms with Gasteiger partial charge in [-0.2, -0.15) is 0 Å². The fourth-order valence-corrected chi connectivity index (χ4v) is 2.90. The molecule has 1 heterocycles. The molecule has 2 amide bonds. The lowest BCUT2D eigenvalue weighted by Crippen LogP contribution is -2.46. The van der Waals surface area contributed by atoms with Gasteiger partial charge in [-0.25, -0.2) is 4.79 Å². The van der Waals surface area contributed by atoms with Gasteiger partial charge in [-0.1, -0.05) is 0 Å². The van der Waals surface area contributed by atoms with Crippen LogP contribution in [0.1, 0.15) is 20.8 Å². The lowest BCUT2D eigenvalue weighted by molar-refractivity contribution is 0.233. The Hall–Kier alpha value is -2.19. The maximum Gasteiger partial charge on any atom is 0.319 e. The highest BCUT2D eigenvalue weighted by Gasteiger charge is 2.16. The lowest BCUT2D eigenvalue weighted by atomic mass is 10.2. The third-order valence-corrected chi connectivity index (χ3v) is 4.09. The van der Waals surface area contributed by atoms with Crippen LogP contribution in [0.3, 0.4) is 0 Å². The second-order valence-electron chi connectivity index (χ2n) is 6.07. The highest BCUT2D eigenvalue weighted by atomic mass is 16.5. The molecular formula is C19H32N4O4. The molecule has 1 aromatic carbocycles. The van der Waals surface area contributed by atoms with Crippen molar-refractivity contribution >= 4 is 11.7 Å². The number of nitrogens with one attached hydrogen (secondary N) is 3. The van der Waals surface area contributed by atoms with Gasteiger partial charge in [0.05, 0.1) is 25.5 Å². The van der Waals surface area contributed by atoms with Crippen LogP contribution < -0.4 is 30.2 Å². The second kappa shape index (κ2) is 11.5. The van der Waals surface area contributed by atoms with Crippen molar-refractivity contribution in [2.75, 3.05) is 64.4 Å². The van der Waals surface area contributed by atoms with Gasteiger partial charge < -0.3 is 30.2 Å². The molecule has 3 N–H and O–H groups in total. The largest absolute Gasteiger partial charge is 0.490 e. The molecule has 0 bridgehead atoms. The van der Waals surface area contributed by atoms with Crippen molar-refractivity contribution in [1.82, 2.24) is 15.5 Å². The first-order valence-corrected chi connectivity index (χ1v) is 9.72. The van der Waals surface area contributed by atoms with Crippen LogP contribution in [0.25, 0.3) is 0 Å². The monoisotopic (exact) mass is 380 g/mol. The molecular weight excluding hydrogens is 348 g/mol. The van der Waals surface area contributed by atoms with Gasteiger partial charge in [-0.05, 0) is 20.8 Å². The molecule has 0 radical (unpaired) electrons. The summed E-state index contributed by atoms with van der Waals surface area (Å²) < 4.78 is 17.0. The summed E-state index contributed by atoms with van der Waals surface area (Å²) in [5.41, 5.74) is 0.602. The number of hydrogen-bond acceptors (Lipinski definition) is 6. The third kappa shape index (κ3) is 6.80. The van der Waals surface area contributed by atoms with Crippen LogP contribution >= 0.6 is 0 Å². The summed E-state index contributed by atoms with van der Waals surface area (Å²) in [6.07, 6.45) is 0. The zero-order valence-corrected chi connectivity index (χ0v) is 16.6. The first-order valence-electron chi connectivity index (χ1n) is 9.72. The van der Waals surface area contributed by atoms with Crippen molar-refractivity contribution in [3.8, 4) is 17.2 Å². The van der Waals surface area contributed by atoms with Crippen molar-refractivity contribution in [2.24, 2.45) is 0 Å². The van der Waals surface area contributed by atoms with Crippen LogP contribution in [0.2, 0.25) is 0 Å². The van der Waals surface area contributed by atoms with Gasteiger partial charge in [0.2, 0.25) is 5.75 Å². The van der Waals surface area contributed by atoms with Crippen molar-refractivity contribution in [1.29, 1.82) is 0 Å². The van der Waals surface area contributed by atoms with Gasteiger partial charge in [-0.3, -0.25) is 4.90 Å². The molecule has 0 aliphatic carbocycles. The van der Waals surface area contributed by atoms with Crippen LogP contribution in [0.5, 0.6) is 17.2 Å². The van der Waals surface area contributed by atoms with E-state index < -0.39 is 0 Å². The number of amides is 2. The number of hydrogen-bond donors (Lipinski definition) is 3. The van der Waals surface area contributed by atoms with Gasteiger partial charge in [-0.15, -0.1) is 0 Å². The topological polar surface area (TPSA) is 84.1 Å². The number of ether oxygens (including phenoxy) is 3. The number of rotatable bonds is 10. The number of carbonyl (C=O) groups excluding carboxylic acids is 1. The summed E-state index contributed by atoms with van der Waals surface area (Å²) in [6.45, 7) is 12.7. The van der Waals surface area contributed by atoms with E-state index in [4.69, 9.17) is 14.2 Å². The minimum absolute atomic E-state index is 0.251. The predicted molar refractivity (Wildman–Crippen MR) is 106 cm³/mol. The first kappa shape index (κ1) is 21.1. The molecule has 27 heavy (non-hydrogen) atoms. The van der Waals surface area contributed by atoms with Gasteiger partial charge in [0.1, 0.15) is 0 Å². The number of piperazine rings is 1. The number of anilines is 1. The summed E-state index contributed by atoms with van der Waals surface area (Å²) in [5, 5.41) is 9.06. The maximum absolute atomic E-state index is 12.2. The Balaban J connectivity index is 1.97. The van der Waals surface area contributed by atoms with E-state index in [1.165, 1.54) is 0 Å². The minimum atomic E-state index is -0.251. The molecule has 0 aromatic heterocycles. The molecule has 0 spiro atoms. The molecule has 8 heteroatoms. The van der Waals surface area contributed by atoms with Crippen molar-refractivity contribution < 1.29 is 19.0 Å². The van der Waals surface area contributed by atoms with Crippen molar-refractivity contribution in [2.45, 2.75) is 20.8 Å². The molecule has 0 unspecified atom stereocenters. The Bertz CT molecular complexity index is 564. The van der Waals surface area contributed by atoms with E-state index in [2.05, 4.69) is 20.9 Å². The normalized spacial score (nSPS) is 14.5. The summed E-state index contributed by atoms with van der Waals surface area (Å²) in [4.78, 5) is 14.6. The summed E-state index contributed by atoms with van der Waals surface area (Å²) in [5.74, 6) is 1.67. The number of carbonyl (C=O) groups is 1. The third-order valence-electron chi connectivity index (χ3n) is 4.09. The average molecular weight is 380 g/mol. The molecule has 0 atom stereocenters. The van der Waals surface area contributed by atoms with Crippen LogP contribution in [-0.2, 0) is 0 Å². The zero-order chi connectivity index (χ0) is 19.5. The molecule has 1 saturated heterocycles. The molecule has 1 fully saturated rings. The fourth-order valence-electron chi connectivity index (χ4n) is 2.90. The fraction of sp³-hybridized carbons (Fsp3) is 0.632. The Morgan fingerprint density at radius 2 is 1.63 bits per heavy atom. The Morgan fingerprint density at radius 3 is 2.19 bits per heavy atom. The standard InChI is InChI=1S/C19H32N4O4/c1-4-25-16-13-15(14-17(26-5-2)18(16)27-6-3)22-19(24)21-9-12-23-10-7-20-8-11-23/h13-14,20H,4-12H2,1-3H3,(H2,21,22,24). The van der Waals surface area contributed by atoms with E-state index >= 15 is 0 Å². The van der Waals surface area contributed by atoms with Crippen LogP contribution in [0.4, 0.5) is 10.5 Å². The zero-order valence-electron chi connectivity index (χ0n) is 16.6. The van der Waals surface area contributed by atoms with Gasteiger partial charge >= 0.3 is 6.03 Å². The van der Waals surface area contributed by atoms with Gasteiger partial charge in [0.15, 0.2) is 11.5 Å². The van der Waals surface area contributed by atoms with E-state index in [-0.39, 0.29) is 6.03 Å². The first-order chi connectivity index (χ1) is 13.2. The van der Waals surface area contributed by atoms with E-state index in [0.717, 1.165) is 32.7 Å². The molecule has 2 rings (SSSR count). The highest BCUT2D eigenvalue weighted by Crippen LogP contribution is 2.40. The molecule has 152 valence electrons. The minimum Gasteiger partial charge on any atom is -0.490 e. The van der Waals surface area contributed by atoms with E-state index in [1.807, 2.05) is 20.8 Å². The van der Waals surface area contributed by atoms with Crippen molar-refractivity contribution in [3.63, 3.8) is 0 Å². The molecule has 1 aliphatic rings.